The molecule has 1 aromatic carbocycles. The van der Waals surface area contributed by atoms with Gasteiger partial charge < -0.3 is 5.32 Å². The molecule has 1 amide bonds. The van der Waals surface area contributed by atoms with E-state index in [-0.39, 0.29) is 18.3 Å². The molecule has 1 fully saturated rings. The van der Waals surface area contributed by atoms with Crippen molar-refractivity contribution in [2.24, 2.45) is 0 Å². The molecule has 18 heavy (non-hydrogen) atoms. The van der Waals surface area contributed by atoms with Crippen LogP contribution < -0.4 is 5.32 Å². The molecular weight excluding hydrogens is 274 g/mol. The first-order valence-electron chi connectivity index (χ1n) is 5.03. The summed E-state index contributed by atoms with van der Waals surface area (Å²) >= 11 is 6.36. The first-order chi connectivity index (χ1) is 8.58. The Balaban J connectivity index is 1.96. The molecule has 0 unspecified atom stereocenters. The van der Waals surface area contributed by atoms with Crippen LogP contribution in [-0.4, -0.2) is 32.5 Å². The summed E-state index contributed by atoms with van der Waals surface area (Å²) in [7, 11) is 0. The molecule has 6 nitrogen and oxygen atoms in total. The number of thiocarbonyl (C=S) groups is 1. The number of non-ortho nitro benzene ring substituents is 1. The number of hydrogen-bond donors (Lipinski definition) is 1. The van der Waals surface area contributed by atoms with Gasteiger partial charge in [0.2, 0.25) is 5.91 Å². The first-order valence-corrected chi connectivity index (χ1v) is 6.43. The van der Waals surface area contributed by atoms with Gasteiger partial charge in [-0.2, -0.15) is 0 Å². The minimum absolute atomic E-state index is 0.0283. The minimum atomic E-state index is -0.459. The van der Waals surface area contributed by atoms with Crippen LogP contribution in [-0.2, 0) is 4.79 Å². The van der Waals surface area contributed by atoms with E-state index in [1.165, 1.54) is 28.8 Å². The van der Waals surface area contributed by atoms with E-state index >= 15 is 0 Å². The van der Waals surface area contributed by atoms with Gasteiger partial charge in [0.1, 0.15) is 4.32 Å². The summed E-state index contributed by atoms with van der Waals surface area (Å²) in [6.07, 6.45) is 0. The summed E-state index contributed by atoms with van der Waals surface area (Å²) in [5.41, 5.74) is 0.733. The highest BCUT2D eigenvalue weighted by Gasteiger charge is 2.25. The number of amides is 1. The fraction of sp³-hybridized carbons (Fsp3) is 0.200. The number of anilines is 1. The standard InChI is InChI=1S/C10H9N3O3S2/c14-9-5-18-10(17)12(9)6-11-7-1-3-8(4-2-7)13(15)16/h1-4,11H,5-6H2. The molecule has 0 aromatic heterocycles. The van der Waals surface area contributed by atoms with Crippen molar-refractivity contribution in [1.29, 1.82) is 0 Å². The van der Waals surface area contributed by atoms with E-state index in [4.69, 9.17) is 12.2 Å². The maximum Gasteiger partial charge on any atom is 0.269 e. The van der Waals surface area contributed by atoms with Crippen LogP contribution in [0.1, 0.15) is 0 Å². The van der Waals surface area contributed by atoms with Gasteiger partial charge in [0.25, 0.3) is 5.69 Å². The Kier molecular flexibility index (Phi) is 3.78. The molecule has 8 heteroatoms. The average Bonchev–Trinajstić information content (AvgIpc) is 2.67. The third-order valence-corrected chi connectivity index (χ3v) is 3.79. The van der Waals surface area contributed by atoms with Gasteiger partial charge in [0, 0.05) is 17.8 Å². The molecular formula is C10H9N3O3S2. The van der Waals surface area contributed by atoms with E-state index in [9.17, 15) is 14.9 Å². The van der Waals surface area contributed by atoms with Crippen molar-refractivity contribution in [3.05, 3.63) is 34.4 Å². The molecule has 1 aliphatic rings. The largest absolute Gasteiger partial charge is 0.367 e. The molecule has 1 saturated heterocycles. The van der Waals surface area contributed by atoms with Gasteiger partial charge in [0.15, 0.2) is 0 Å². The van der Waals surface area contributed by atoms with Gasteiger partial charge >= 0.3 is 0 Å². The molecule has 1 aromatic rings. The van der Waals surface area contributed by atoms with Crippen molar-refractivity contribution in [1.82, 2.24) is 4.90 Å². The number of nitro groups is 1. The topological polar surface area (TPSA) is 75.5 Å². The van der Waals surface area contributed by atoms with Gasteiger partial charge in [-0.3, -0.25) is 19.8 Å². The van der Waals surface area contributed by atoms with Crippen LogP contribution in [0.5, 0.6) is 0 Å². The van der Waals surface area contributed by atoms with Crippen LogP contribution in [0.15, 0.2) is 24.3 Å². The van der Waals surface area contributed by atoms with E-state index in [0.717, 1.165) is 0 Å². The number of carbonyl (C=O) groups is 1. The lowest BCUT2D eigenvalue weighted by Gasteiger charge is -2.16. The van der Waals surface area contributed by atoms with Crippen molar-refractivity contribution in [3.63, 3.8) is 0 Å². The smallest absolute Gasteiger partial charge is 0.269 e. The highest BCUT2D eigenvalue weighted by atomic mass is 32.2. The Labute approximate surface area is 112 Å². The Hall–Kier alpha value is -1.67. The quantitative estimate of drug-likeness (QED) is 0.516. The van der Waals surface area contributed by atoms with Gasteiger partial charge in [-0.1, -0.05) is 24.0 Å². The van der Waals surface area contributed by atoms with Crippen molar-refractivity contribution in [2.75, 3.05) is 17.7 Å². The van der Waals surface area contributed by atoms with E-state index in [2.05, 4.69) is 5.32 Å². The number of thioether (sulfide) groups is 1. The molecule has 0 saturated carbocycles. The molecule has 0 aliphatic carbocycles. The molecule has 1 aliphatic heterocycles. The van der Waals surface area contributed by atoms with Gasteiger partial charge in [-0.05, 0) is 12.1 Å². The lowest BCUT2D eigenvalue weighted by Crippen LogP contribution is -2.33. The molecule has 0 atom stereocenters. The summed E-state index contributed by atoms with van der Waals surface area (Å²) < 4.78 is 0.550. The molecule has 94 valence electrons. The lowest BCUT2D eigenvalue weighted by molar-refractivity contribution is -0.384. The minimum Gasteiger partial charge on any atom is -0.367 e. The Morgan fingerprint density at radius 2 is 2.11 bits per heavy atom. The van der Waals surface area contributed by atoms with Crippen molar-refractivity contribution in [3.8, 4) is 0 Å². The highest BCUT2D eigenvalue weighted by Crippen LogP contribution is 2.20. The predicted molar refractivity (Wildman–Crippen MR) is 73.5 cm³/mol. The normalized spacial score (nSPS) is 15.0. The Morgan fingerprint density at radius 1 is 1.44 bits per heavy atom. The second-order valence-electron chi connectivity index (χ2n) is 3.52. The number of carbonyl (C=O) groups excluding carboxylic acids is 1. The van der Waals surface area contributed by atoms with Gasteiger partial charge in [0.05, 0.1) is 17.3 Å². The summed E-state index contributed by atoms with van der Waals surface area (Å²) in [5, 5.41) is 13.5. The molecule has 0 radical (unpaired) electrons. The SMILES string of the molecule is O=C1CSC(=S)N1CNc1ccc([N+](=O)[O-])cc1. The van der Waals surface area contributed by atoms with Crippen LogP contribution in [0.25, 0.3) is 0 Å². The Morgan fingerprint density at radius 3 is 2.61 bits per heavy atom. The summed E-state index contributed by atoms with van der Waals surface area (Å²) in [6, 6.07) is 5.99. The summed E-state index contributed by atoms with van der Waals surface area (Å²) in [5.74, 6) is 0.347. The fourth-order valence-corrected chi connectivity index (χ4v) is 2.47. The van der Waals surface area contributed by atoms with E-state index in [0.29, 0.717) is 15.8 Å². The summed E-state index contributed by atoms with van der Waals surface area (Å²) in [6.45, 7) is 0.280. The number of rotatable bonds is 4. The Bertz CT molecular complexity index is 488. The van der Waals surface area contributed by atoms with Gasteiger partial charge in [-0.25, -0.2) is 0 Å². The number of nitrogens with zero attached hydrogens (tertiary/aromatic N) is 2. The van der Waals surface area contributed by atoms with Crippen LogP contribution in [0, 0.1) is 10.1 Å². The van der Waals surface area contributed by atoms with Crippen LogP contribution in [0.3, 0.4) is 0 Å². The number of nitro benzene ring substituents is 1. The molecule has 0 spiro atoms. The predicted octanol–water partition coefficient (Wildman–Crippen LogP) is 1.82. The van der Waals surface area contributed by atoms with Crippen LogP contribution in [0.4, 0.5) is 11.4 Å². The monoisotopic (exact) mass is 283 g/mol. The van der Waals surface area contributed by atoms with Gasteiger partial charge in [-0.15, -0.1) is 0 Å². The zero-order valence-corrected chi connectivity index (χ0v) is 10.8. The highest BCUT2D eigenvalue weighted by molar-refractivity contribution is 8.23. The first kappa shape index (κ1) is 12.8. The molecule has 1 N–H and O–H groups in total. The molecule has 0 bridgehead atoms. The van der Waals surface area contributed by atoms with Crippen molar-refractivity contribution in [2.45, 2.75) is 0 Å². The van der Waals surface area contributed by atoms with Crippen molar-refractivity contribution >= 4 is 45.6 Å². The fourth-order valence-electron chi connectivity index (χ4n) is 1.41. The number of benzene rings is 1. The number of nitrogens with one attached hydrogen (secondary N) is 1. The maximum atomic E-state index is 11.4. The van der Waals surface area contributed by atoms with Crippen LogP contribution >= 0.6 is 24.0 Å². The zero-order valence-electron chi connectivity index (χ0n) is 9.16. The zero-order chi connectivity index (χ0) is 13.1. The molecule has 1 heterocycles. The average molecular weight is 283 g/mol. The maximum absolute atomic E-state index is 11.4. The summed E-state index contributed by atoms with van der Waals surface area (Å²) in [4.78, 5) is 22.9. The van der Waals surface area contributed by atoms with Crippen molar-refractivity contribution < 1.29 is 9.72 Å². The van der Waals surface area contributed by atoms with Crippen LogP contribution in [0.2, 0.25) is 0 Å². The molecule has 2 rings (SSSR count). The van der Waals surface area contributed by atoms with E-state index in [1.807, 2.05) is 0 Å². The third-order valence-electron chi connectivity index (χ3n) is 2.36. The van der Waals surface area contributed by atoms with E-state index in [1.54, 1.807) is 12.1 Å². The second-order valence-corrected chi connectivity index (χ2v) is 5.12. The van der Waals surface area contributed by atoms with E-state index < -0.39 is 4.92 Å². The third kappa shape index (κ3) is 2.77. The number of hydrogen-bond acceptors (Lipinski definition) is 6. The lowest BCUT2D eigenvalue weighted by atomic mass is 10.3. The second kappa shape index (κ2) is 5.32.